The fraction of sp³-hybridized carbons (Fsp3) is 0.500. The van der Waals surface area contributed by atoms with Crippen molar-refractivity contribution in [2.45, 2.75) is 26.3 Å². The van der Waals surface area contributed by atoms with Crippen molar-refractivity contribution >= 4 is 22.8 Å². The first kappa shape index (κ1) is 13.3. The number of aliphatic carboxylic acids is 1. The largest absolute Gasteiger partial charge is 0.480 e. The van der Waals surface area contributed by atoms with E-state index in [1.165, 1.54) is 6.33 Å². The van der Waals surface area contributed by atoms with Gasteiger partial charge in [0, 0.05) is 12.6 Å². The van der Waals surface area contributed by atoms with E-state index in [1.54, 1.807) is 22.8 Å². The van der Waals surface area contributed by atoms with Gasteiger partial charge in [0.05, 0.1) is 11.6 Å². The summed E-state index contributed by atoms with van der Waals surface area (Å²) in [5, 5.41) is 14.0. The number of carboxylic acids is 1. The van der Waals surface area contributed by atoms with E-state index < -0.39 is 5.97 Å². The van der Waals surface area contributed by atoms with Gasteiger partial charge < -0.3 is 10.0 Å². The molecule has 0 aliphatic rings. The first-order valence-electron chi connectivity index (χ1n) is 5.93. The molecule has 7 heteroatoms. The molecule has 2 aromatic heterocycles. The van der Waals surface area contributed by atoms with Crippen LogP contribution in [0.2, 0.25) is 0 Å². The summed E-state index contributed by atoms with van der Waals surface area (Å²) < 4.78 is 1.64. The number of fused-ring (bicyclic) bond motifs is 1. The van der Waals surface area contributed by atoms with Crippen LogP contribution in [0, 0.1) is 0 Å². The Bertz CT molecular complexity index is 614. The topological polar surface area (TPSA) is 84.1 Å². The van der Waals surface area contributed by atoms with Gasteiger partial charge in [0.15, 0.2) is 5.65 Å². The van der Waals surface area contributed by atoms with Gasteiger partial charge >= 0.3 is 5.97 Å². The number of hydrogen-bond acceptors (Lipinski definition) is 5. The van der Waals surface area contributed by atoms with E-state index in [0.717, 1.165) is 5.39 Å². The van der Waals surface area contributed by atoms with E-state index >= 15 is 0 Å². The van der Waals surface area contributed by atoms with Crippen molar-refractivity contribution in [2.24, 2.45) is 7.05 Å². The highest BCUT2D eigenvalue weighted by Crippen LogP contribution is 2.27. The highest BCUT2D eigenvalue weighted by molar-refractivity contribution is 5.88. The third-order valence-electron chi connectivity index (χ3n) is 2.87. The van der Waals surface area contributed by atoms with Gasteiger partial charge in [-0.05, 0) is 20.8 Å². The Balaban J connectivity index is 2.59. The fourth-order valence-corrected chi connectivity index (χ4v) is 1.93. The first-order chi connectivity index (χ1) is 8.80. The molecule has 0 amide bonds. The Morgan fingerprint density at radius 3 is 2.68 bits per heavy atom. The zero-order valence-electron chi connectivity index (χ0n) is 11.5. The van der Waals surface area contributed by atoms with Crippen molar-refractivity contribution in [2.75, 3.05) is 11.4 Å². The molecule has 1 N–H and O–H groups in total. The highest BCUT2D eigenvalue weighted by Gasteiger charge is 2.27. The second kappa shape index (κ2) is 4.49. The Labute approximate surface area is 110 Å². The standard InChI is InChI=1S/C12H17N5O2/c1-12(2,3)17(6-9(18)19)11-8-5-15-16(4)10(8)13-7-14-11/h5,7H,6H2,1-4H3,(H,18,19). The second-order valence-corrected chi connectivity index (χ2v) is 5.35. The second-order valence-electron chi connectivity index (χ2n) is 5.35. The fourth-order valence-electron chi connectivity index (χ4n) is 1.93. The molecular weight excluding hydrogens is 246 g/mol. The average molecular weight is 263 g/mol. The van der Waals surface area contributed by atoms with Crippen LogP contribution >= 0.6 is 0 Å². The molecule has 2 aromatic rings. The molecule has 0 saturated heterocycles. The minimum absolute atomic E-state index is 0.121. The lowest BCUT2D eigenvalue weighted by Gasteiger charge is -2.35. The summed E-state index contributed by atoms with van der Waals surface area (Å²) >= 11 is 0. The van der Waals surface area contributed by atoms with Crippen molar-refractivity contribution in [3.05, 3.63) is 12.5 Å². The van der Waals surface area contributed by atoms with E-state index in [4.69, 9.17) is 5.11 Å². The normalized spacial score (nSPS) is 11.8. The SMILES string of the molecule is Cn1ncc2c(N(CC(=O)O)C(C)(C)C)ncnc21. The molecule has 0 atom stereocenters. The van der Waals surface area contributed by atoms with E-state index in [2.05, 4.69) is 15.1 Å². The van der Waals surface area contributed by atoms with Crippen molar-refractivity contribution in [3.8, 4) is 0 Å². The Morgan fingerprint density at radius 2 is 2.11 bits per heavy atom. The summed E-state index contributed by atoms with van der Waals surface area (Å²) in [5.74, 6) is -0.307. The molecule has 2 heterocycles. The van der Waals surface area contributed by atoms with E-state index in [-0.39, 0.29) is 12.1 Å². The van der Waals surface area contributed by atoms with Crippen LogP contribution in [0.3, 0.4) is 0 Å². The lowest BCUT2D eigenvalue weighted by molar-refractivity contribution is -0.135. The Morgan fingerprint density at radius 1 is 1.42 bits per heavy atom. The predicted molar refractivity (Wildman–Crippen MR) is 71.0 cm³/mol. The van der Waals surface area contributed by atoms with E-state index in [9.17, 15) is 4.79 Å². The number of anilines is 1. The summed E-state index contributed by atoms with van der Waals surface area (Å²) in [6, 6.07) is 0. The van der Waals surface area contributed by atoms with Crippen LogP contribution in [-0.4, -0.2) is 42.9 Å². The maximum Gasteiger partial charge on any atom is 0.323 e. The summed E-state index contributed by atoms with van der Waals surface area (Å²) in [5.41, 5.74) is 0.319. The van der Waals surface area contributed by atoms with Gasteiger partial charge in [0.2, 0.25) is 0 Å². The molecule has 0 bridgehead atoms. The van der Waals surface area contributed by atoms with Crippen molar-refractivity contribution in [3.63, 3.8) is 0 Å². The molecule has 0 fully saturated rings. The molecule has 0 radical (unpaired) electrons. The zero-order valence-corrected chi connectivity index (χ0v) is 11.5. The number of aromatic nitrogens is 4. The number of carbonyl (C=O) groups is 1. The van der Waals surface area contributed by atoms with Crippen LogP contribution in [0.15, 0.2) is 12.5 Å². The Kier molecular flexibility index (Phi) is 3.13. The molecule has 0 aliphatic carbocycles. The molecule has 0 saturated carbocycles. The van der Waals surface area contributed by atoms with Crippen molar-refractivity contribution in [1.29, 1.82) is 0 Å². The molecular formula is C12H17N5O2. The third-order valence-corrected chi connectivity index (χ3v) is 2.87. The number of hydrogen-bond donors (Lipinski definition) is 1. The van der Waals surface area contributed by atoms with Gasteiger partial charge in [-0.1, -0.05) is 0 Å². The summed E-state index contributed by atoms with van der Waals surface area (Å²) in [6.07, 6.45) is 3.09. The number of nitrogens with zero attached hydrogens (tertiary/aromatic N) is 5. The van der Waals surface area contributed by atoms with Gasteiger partial charge in [-0.3, -0.25) is 9.48 Å². The maximum absolute atomic E-state index is 11.1. The summed E-state index contributed by atoms with van der Waals surface area (Å²) in [4.78, 5) is 21.2. The minimum atomic E-state index is -0.898. The van der Waals surface area contributed by atoms with Crippen LogP contribution in [0.5, 0.6) is 0 Å². The summed E-state index contributed by atoms with van der Waals surface area (Å²) in [6.45, 7) is 5.71. The molecule has 0 spiro atoms. The van der Waals surface area contributed by atoms with Gasteiger partial charge in [-0.2, -0.15) is 5.10 Å². The lowest BCUT2D eigenvalue weighted by Crippen LogP contribution is -2.45. The number of aryl methyl sites for hydroxylation is 1. The van der Waals surface area contributed by atoms with E-state index in [1.807, 2.05) is 20.8 Å². The molecule has 2 rings (SSSR count). The van der Waals surface area contributed by atoms with Crippen molar-refractivity contribution in [1.82, 2.24) is 19.7 Å². The number of carboxylic acid groups (broad SMARTS) is 1. The van der Waals surface area contributed by atoms with Gasteiger partial charge in [0.25, 0.3) is 0 Å². The molecule has 0 unspecified atom stereocenters. The molecule has 0 aromatic carbocycles. The monoisotopic (exact) mass is 263 g/mol. The average Bonchev–Trinajstić information content (AvgIpc) is 2.67. The quantitative estimate of drug-likeness (QED) is 0.891. The molecule has 0 aliphatic heterocycles. The number of rotatable bonds is 3. The van der Waals surface area contributed by atoms with Gasteiger partial charge in [0.1, 0.15) is 18.7 Å². The predicted octanol–water partition coefficient (Wildman–Crippen LogP) is 1.05. The third kappa shape index (κ3) is 2.49. The molecule has 7 nitrogen and oxygen atoms in total. The van der Waals surface area contributed by atoms with Gasteiger partial charge in [-0.15, -0.1) is 0 Å². The maximum atomic E-state index is 11.1. The highest BCUT2D eigenvalue weighted by atomic mass is 16.4. The molecule has 102 valence electrons. The zero-order chi connectivity index (χ0) is 14.2. The van der Waals surface area contributed by atoms with Crippen LogP contribution in [-0.2, 0) is 11.8 Å². The van der Waals surface area contributed by atoms with Crippen LogP contribution in [0.1, 0.15) is 20.8 Å². The Hall–Kier alpha value is -2.18. The van der Waals surface area contributed by atoms with E-state index in [0.29, 0.717) is 11.5 Å². The first-order valence-corrected chi connectivity index (χ1v) is 5.93. The summed E-state index contributed by atoms with van der Waals surface area (Å²) in [7, 11) is 1.79. The van der Waals surface area contributed by atoms with Crippen LogP contribution < -0.4 is 4.90 Å². The smallest absolute Gasteiger partial charge is 0.323 e. The van der Waals surface area contributed by atoms with Crippen molar-refractivity contribution < 1.29 is 9.90 Å². The van der Waals surface area contributed by atoms with Crippen LogP contribution in [0.25, 0.3) is 11.0 Å². The minimum Gasteiger partial charge on any atom is -0.480 e. The van der Waals surface area contributed by atoms with Crippen LogP contribution in [0.4, 0.5) is 5.82 Å². The lowest BCUT2D eigenvalue weighted by atomic mass is 10.1. The molecule has 19 heavy (non-hydrogen) atoms. The van der Waals surface area contributed by atoms with Gasteiger partial charge in [-0.25, -0.2) is 9.97 Å².